The minimum absolute atomic E-state index is 0.190. The third-order valence-electron chi connectivity index (χ3n) is 4.10. The van der Waals surface area contributed by atoms with E-state index < -0.39 is 24.5 Å². The van der Waals surface area contributed by atoms with Crippen molar-refractivity contribution in [3.05, 3.63) is 58.2 Å². The summed E-state index contributed by atoms with van der Waals surface area (Å²) in [7, 11) is 0. The van der Waals surface area contributed by atoms with Crippen LogP contribution in [0.2, 0.25) is 0 Å². The number of aromatic nitrogens is 1. The van der Waals surface area contributed by atoms with Crippen LogP contribution in [0.1, 0.15) is 44.6 Å². The van der Waals surface area contributed by atoms with E-state index in [9.17, 15) is 18.8 Å². The Kier molecular flexibility index (Phi) is 7.31. The maximum Gasteiger partial charge on any atom is 0.355 e. The fourth-order valence-corrected chi connectivity index (χ4v) is 2.72. The maximum absolute atomic E-state index is 12.8. The van der Waals surface area contributed by atoms with Gasteiger partial charge in [-0.2, -0.15) is 0 Å². The molecule has 0 aliphatic heterocycles. The fourth-order valence-electron chi connectivity index (χ4n) is 2.72. The van der Waals surface area contributed by atoms with E-state index >= 15 is 0 Å². The zero-order valence-corrected chi connectivity index (χ0v) is 16.1. The Balaban J connectivity index is 1.85. The molecular formula is C20H23FN2O5. The molecule has 0 saturated heterocycles. The zero-order chi connectivity index (χ0) is 20.7. The Morgan fingerprint density at radius 1 is 1.07 bits per heavy atom. The quantitative estimate of drug-likeness (QED) is 0.675. The molecule has 0 unspecified atom stereocenters. The van der Waals surface area contributed by atoms with E-state index in [4.69, 9.17) is 9.47 Å². The van der Waals surface area contributed by atoms with Crippen molar-refractivity contribution in [2.24, 2.45) is 0 Å². The minimum Gasteiger partial charge on any atom is -0.461 e. The highest BCUT2D eigenvalue weighted by Crippen LogP contribution is 2.19. The van der Waals surface area contributed by atoms with Crippen molar-refractivity contribution >= 4 is 17.8 Å². The first-order chi connectivity index (χ1) is 13.3. The van der Waals surface area contributed by atoms with Crippen LogP contribution in [0.4, 0.5) is 4.39 Å². The summed E-state index contributed by atoms with van der Waals surface area (Å²) in [6.45, 7) is 5.03. The van der Waals surface area contributed by atoms with Gasteiger partial charge in [0.15, 0.2) is 6.61 Å². The highest BCUT2D eigenvalue weighted by Gasteiger charge is 2.24. The number of H-pyrrole nitrogens is 1. The number of rotatable bonds is 8. The predicted molar refractivity (Wildman–Crippen MR) is 99.6 cm³/mol. The van der Waals surface area contributed by atoms with E-state index in [0.717, 1.165) is 5.56 Å². The first kappa shape index (κ1) is 21.1. The number of aromatic amines is 1. The average molecular weight is 390 g/mol. The van der Waals surface area contributed by atoms with Crippen LogP contribution in [-0.2, 0) is 20.7 Å². The third kappa shape index (κ3) is 5.42. The topological polar surface area (TPSA) is 97.5 Å². The molecule has 0 spiro atoms. The van der Waals surface area contributed by atoms with E-state index in [1.165, 1.54) is 12.1 Å². The van der Waals surface area contributed by atoms with Gasteiger partial charge in [0.2, 0.25) is 0 Å². The second kappa shape index (κ2) is 9.68. The van der Waals surface area contributed by atoms with Crippen molar-refractivity contribution in [2.75, 3.05) is 19.8 Å². The Labute approximate surface area is 162 Å². The van der Waals surface area contributed by atoms with Gasteiger partial charge in [-0.3, -0.25) is 4.79 Å². The van der Waals surface area contributed by atoms with Crippen molar-refractivity contribution < 1.29 is 28.2 Å². The second-order valence-electron chi connectivity index (χ2n) is 6.15. The number of ether oxygens (including phenoxy) is 2. The van der Waals surface area contributed by atoms with Crippen LogP contribution >= 0.6 is 0 Å². The maximum atomic E-state index is 12.8. The number of aryl methyl sites for hydroxylation is 1. The summed E-state index contributed by atoms with van der Waals surface area (Å²) < 4.78 is 22.8. The second-order valence-corrected chi connectivity index (χ2v) is 6.15. The summed E-state index contributed by atoms with van der Waals surface area (Å²) in [6, 6.07) is 5.98. The number of hydrogen-bond donors (Lipinski definition) is 2. The Morgan fingerprint density at radius 3 is 2.39 bits per heavy atom. The van der Waals surface area contributed by atoms with E-state index in [0.29, 0.717) is 24.2 Å². The van der Waals surface area contributed by atoms with Crippen LogP contribution in [0.3, 0.4) is 0 Å². The first-order valence-electron chi connectivity index (χ1n) is 8.88. The van der Waals surface area contributed by atoms with Crippen molar-refractivity contribution in [2.45, 2.75) is 27.2 Å². The van der Waals surface area contributed by atoms with Crippen molar-refractivity contribution in [1.82, 2.24) is 10.3 Å². The molecule has 1 aromatic carbocycles. The molecule has 28 heavy (non-hydrogen) atoms. The van der Waals surface area contributed by atoms with Crippen molar-refractivity contribution in [1.29, 1.82) is 0 Å². The van der Waals surface area contributed by atoms with Crippen LogP contribution in [-0.4, -0.2) is 42.6 Å². The van der Waals surface area contributed by atoms with Gasteiger partial charge >= 0.3 is 11.9 Å². The standard InChI is InChI=1S/C20H23FN2O5/c1-4-27-20(26)18-12(2)17(13(3)23-18)19(25)28-11-16(24)22-10-9-14-5-7-15(21)8-6-14/h5-8,23H,4,9-11H2,1-3H3,(H,22,24). The van der Waals surface area contributed by atoms with Gasteiger partial charge in [-0.25, -0.2) is 14.0 Å². The lowest BCUT2D eigenvalue weighted by atomic mass is 10.1. The molecule has 1 heterocycles. The van der Waals surface area contributed by atoms with E-state index in [-0.39, 0.29) is 23.7 Å². The molecule has 2 rings (SSSR count). The molecule has 1 amide bonds. The van der Waals surface area contributed by atoms with E-state index in [1.54, 1.807) is 32.9 Å². The summed E-state index contributed by atoms with van der Waals surface area (Å²) in [5.41, 5.74) is 2.15. The number of nitrogens with one attached hydrogen (secondary N) is 2. The smallest absolute Gasteiger partial charge is 0.355 e. The number of carbonyl (C=O) groups is 3. The lowest BCUT2D eigenvalue weighted by Crippen LogP contribution is -2.30. The van der Waals surface area contributed by atoms with Gasteiger partial charge in [0.25, 0.3) is 5.91 Å². The molecule has 0 radical (unpaired) electrons. The minimum atomic E-state index is -0.699. The van der Waals surface area contributed by atoms with Gasteiger partial charge < -0.3 is 19.8 Å². The lowest BCUT2D eigenvalue weighted by molar-refractivity contribution is -0.124. The van der Waals surface area contributed by atoms with E-state index in [1.807, 2.05) is 0 Å². The normalized spacial score (nSPS) is 10.4. The summed E-state index contributed by atoms with van der Waals surface area (Å²) in [4.78, 5) is 38.9. The molecule has 0 aliphatic rings. The van der Waals surface area contributed by atoms with Gasteiger partial charge in [0, 0.05) is 12.2 Å². The summed E-state index contributed by atoms with van der Waals surface area (Å²) >= 11 is 0. The third-order valence-corrected chi connectivity index (χ3v) is 4.10. The number of amides is 1. The molecular weight excluding hydrogens is 367 g/mol. The zero-order valence-electron chi connectivity index (χ0n) is 16.1. The Hall–Kier alpha value is -3.16. The molecule has 2 N–H and O–H groups in total. The predicted octanol–water partition coefficient (Wildman–Crippen LogP) is 2.46. The van der Waals surface area contributed by atoms with Gasteiger partial charge in [-0.05, 0) is 50.5 Å². The molecule has 0 bridgehead atoms. The first-order valence-corrected chi connectivity index (χ1v) is 8.88. The molecule has 0 atom stereocenters. The molecule has 7 nitrogen and oxygen atoms in total. The molecule has 8 heteroatoms. The number of halogens is 1. The number of hydrogen-bond acceptors (Lipinski definition) is 5. The largest absolute Gasteiger partial charge is 0.461 e. The van der Waals surface area contributed by atoms with Crippen LogP contribution in [0.25, 0.3) is 0 Å². The average Bonchev–Trinajstić information content (AvgIpc) is 2.96. The van der Waals surface area contributed by atoms with Gasteiger partial charge in [-0.1, -0.05) is 12.1 Å². The lowest BCUT2D eigenvalue weighted by Gasteiger charge is -2.07. The molecule has 0 saturated carbocycles. The molecule has 0 aliphatic carbocycles. The van der Waals surface area contributed by atoms with Crippen molar-refractivity contribution in [3.63, 3.8) is 0 Å². The monoisotopic (exact) mass is 390 g/mol. The number of esters is 2. The van der Waals surface area contributed by atoms with Crippen LogP contribution in [0.5, 0.6) is 0 Å². The summed E-state index contributed by atoms with van der Waals surface area (Å²) in [6.07, 6.45) is 0.527. The van der Waals surface area contributed by atoms with Crippen LogP contribution in [0, 0.1) is 19.7 Å². The highest BCUT2D eigenvalue weighted by atomic mass is 19.1. The molecule has 0 fully saturated rings. The van der Waals surface area contributed by atoms with Gasteiger partial charge in [0.05, 0.1) is 12.2 Å². The van der Waals surface area contributed by atoms with Crippen LogP contribution < -0.4 is 5.32 Å². The van der Waals surface area contributed by atoms with E-state index in [2.05, 4.69) is 10.3 Å². The SMILES string of the molecule is CCOC(=O)c1[nH]c(C)c(C(=O)OCC(=O)NCCc2ccc(F)cc2)c1C. The summed E-state index contributed by atoms with van der Waals surface area (Å²) in [5, 5.41) is 2.63. The van der Waals surface area contributed by atoms with Gasteiger partial charge in [0.1, 0.15) is 11.5 Å². The molecule has 2 aromatic rings. The Bertz CT molecular complexity index is 858. The number of benzene rings is 1. The van der Waals surface area contributed by atoms with Crippen molar-refractivity contribution in [3.8, 4) is 0 Å². The highest BCUT2D eigenvalue weighted by molar-refractivity contribution is 5.99. The van der Waals surface area contributed by atoms with Crippen LogP contribution in [0.15, 0.2) is 24.3 Å². The summed E-state index contributed by atoms with van der Waals surface area (Å²) in [5.74, 6) is -2.02. The molecule has 1 aromatic heterocycles. The fraction of sp³-hybridized carbons (Fsp3) is 0.350. The molecule has 150 valence electrons. The van der Waals surface area contributed by atoms with Gasteiger partial charge in [-0.15, -0.1) is 0 Å². The Morgan fingerprint density at radius 2 is 1.75 bits per heavy atom. The number of carbonyl (C=O) groups excluding carboxylic acids is 3.